The molecule has 3 nitrogen and oxygen atoms in total. The Morgan fingerprint density at radius 2 is 1.72 bits per heavy atom. The number of likely N-dealkylation sites (tertiary alicyclic amines) is 1. The Kier molecular flexibility index (Phi) is 2.95. The molecule has 4 heteroatoms. The number of aliphatic hydroxyl groups is 1. The zero-order chi connectivity index (χ0) is 13.7. The Bertz CT molecular complexity index is 481. The number of carbonyl (C=O) groups excluding carboxylic acids is 1. The van der Waals surface area contributed by atoms with Crippen molar-refractivity contribution >= 4 is 17.5 Å². The number of nitrogens with zero attached hydrogens (tertiary/aromatic N) is 1. The predicted molar refractivity (Wildman–Crippen MR) is 71.4 cm³/mol. The van der Waals surface area contributed by atoms with Crippen LogP contribution in [0.3, 0.4) is 0 Å². The molecule has 1 N–H and O–H groups in total. The maximum Gasteiger partial charge on any atom is 0.262 e. The number of β-lactam (4-membered cyclic amide) rings is 1. The molecule has 0 saturated carbocycles. The third-order valence-electron chi connectivity index (χ3n) is 3.79. The number of hydrogen-bond acceptors (Lipinski definition) is 2. The van der Waals surface area contributed by atoms with Gasteiger partial charge in [0, 0.05) is 11.1 Å². The maximum atomic E-state index is 12.3. The number of halogens is 1. The normalized spacial score (nSPS) is 26.4. The molecule has 1 aliphatic heterocycles. The van der Waals surface area contributed by atoms with Gasteiger partial charge in [0.2, 0.25) is 0 Å². The molecule has 1 atom stereocenters. The van der Waals surface area contributed by atoms with E-state index in [0.717, 1.165) is 0 Å². The molecule has 1 fully saturated rings. The lowest BCUT2D eigenvalue weighted by molar-refractivity contribution is -0.221. The van der Waals surface area contributed by atoms with Crippen molar-refractivity contribution in [3.8, 4) is 0 Å². The van der Waals surface area contributed by atoms with Crippen molar-refractivity contribution < 1.29 is 9.90 Å². The van der Waals surface area contributed by atoms with Gasteiger partial charge in [-0.2, -0.15) is 0 Å². The molecule has 1 amide bonds. The van der Waals surface area contributed by atoms with Crippen LogP contribution in [-0.4, -0.2) is 27.5 Å². The molecule has 0 radical (unpaired) electrons. The summed E-state index contributed by atoms with van der Waals surface area (Å²) >= 11 is 5.83. The van der Waals surface area contributed by atoms with Gasteiger partial charge < -0.3 is 10.0 Å². The second-order valence-corrected chi connectivity index (χ2v) is 5.98. The summed E-state index contributed by atoms with van der Waals surface area (Å²) in [5.74, 6) is -0.246. The average molecular weight is 268 g/mol. The number of hydrogen-bond donors (Lipinski definition) is 1. The summed E-state index contributed by atoms with van der Waals surface area (Å²) in [6, 6.07) is 6.87. The van der Waals surface area contributed by atoms with Gasteiger partial charge in [-0.15, -0.1) is 0 Å². The standard InChI is InChI=1S/C14H18ClNO2/c1-9(2)16-12(17)14(18,13(16,3)4)10-5-7-11(15)8-6-10/h5-9,18H,1-4H3. The van der Waals surface area contributed by atoms with Crippen LogP contribution >= 0.6 is 11.6 Å². The molecule has 18 heavy (non-hydrogen) atoms. The second-order valence-electron chi connectivity index (χ2n) is 5.55. The number of rotatable bonds is 2. The molecule has 98 valence electrons. The first-order chi connectivity index (χ1) is 8.23. The Morgan fingerprint density at radius 1 is 1.22 bits per heavy atom. The quantitative estimate of drug-likeness (QED) is 0.837. The summed E-state index contributed by atoms with van der Waals surface area (Å²) in [4.78, 5) is 14.0. The fourth-order valence-electron chi connectivity index (χ4n) is 2.86. The highest BCUT2D eigenvalue weighted by Crippen LogP contribution is 2.49. The number of benzene rings is 1. The van der Waals surface area contributed by atoms with Crippen molar-refractivity contribution in [1.29, 1.82) is 0 Å². The molecule has 0 bridgehead atoms. The molecule has 2 rings (SSSR count). The fourth-order valence-corrected chi connectivity index (χ4v) is 2.99. The van der Waals surface area contributed by atoms with Crippen LogP contribution in [0.5, 0.6) is 0 Å². The summed E-state index contributed by atoms with van der Waals surface area (Å²) in [7, 11) is 0. The van der Waals surface area contributed by atoms with E-state index < -0.39 is 11.1 Å². The fraction of sp³-hybridized carbons (Fsp3) is 0.500. The van der Waals surface area contributed by atoms with Crippen LogP contribution in [0.4, 0.5) is 0 Å². The van der Waals surface area contributed by atoms with Gasteiger partial charge >= 0.3 is 0 Å². The topological polar surface area (TPSA) is 40.5 Å². The van der Waals surface area contributed by atoms with Gasteiger partial charge in [-0.3, -0.25) is 4.79 Å². The molecule has 1 aromatic rings. The van der Waals surface area contributed by atoms with E-state index in [2.05, 4.69) is 0 Å². The van der Waals surface area contributed by atoms with Crippen molar-refractivity contribution in [3.05, 3.63) is 34.9 Å². The third kappa shape index (κ3) is 1.50. The highest BCUT2D eigenvalue weighted by atomic mass is 35.5. The first-order valence-electron chi connectivity index (χ1n) is 6.05. The van der Waals surface area contributed by atoms with E-state index in [4.69, 9.17) is 11.6 Å². The van der Waals surface area contributed by atoms with Crippen LogP contribution in [0.15, 0.2) is 24.3 Å². The van der Waals surface area contributed by atoms with Gasteiger partial charge in [-0.1, -0.05) is 23.7 Å². The van der Waals surface area contributed by atoms with Crippen LogP contribution in [0.1, 0.15) is 33.3 Å². The maximum absolute atomic E-state index is 12.3. The highest BCUT2D eigenvalue weighted by Gasteiger charge is 2.67. The van der Waals surface area contributed by atoms with E-state index >= 15 is 0 Å². The smallest absolute Gasteiger partial charge is 0.262 e. The van der Waals surface area contributed by atoms with Crippen LogP contribution in [0.25, 0.3) is 0 Å². The summed E-state index contributed by atoms with van der Waals surface area (Å²) in [5.41, 5.74) is -1.48. The number of carbonyl (C=O) groups is 1. The van der Waals surface area contributed by atoms with Crippen LogP contribution in [-0.2, 0) is 10.4 Å². The van der Waals surface area contributed by atoms with Crippen molar-refractivity contribution in [2.45, 2.75) is 44.9 Å². The Balaban J connectivity index is 2.44. The second kappa shape index (κ2) is 3.97. The lowest BCUT2D eigenvalue weighted by atomic mass is 9.67. The largest absolute Gasteiger partial charge is 0.374 e. The van der Waals surface area contributed by atoms with Crippen molar-refractivity contribution in [2.24, 2.45) is 0 Å². The van der Waals surface area contributed by atoms with Crippen molar-refractivity contribution in [1.82, 2.24) is 4.90 Å². The van der Waals surface area contributed by atoms with Gasteiger partial charge in [0.25, 0.3) is 5.91 Å². The SMILES string of the molecule is CC(C)N1C(=O)C(O)(c2ccc(Cl)cc2)C1(C)C. The zero-order valence-electron chi connectivity index (χ0n) is 11.1. The van der Waals surface area contributed by atoms with Gasteiger partial charge in [0.15, 0.2) is 5.60 Å². The molecular weight excluding hydrogens is 250 g/mol. The van der Waals surface area contributed by atoms with Crippen LogP contribution in [0, 0.1) is 0 Å². The molecule has 0 aromatic heterocycles. The Morgan fingerprint density at radius 3 is 2.11 bits per heavy atom. The van der Waals surface area contributed by atoms with E-state index in [0.29, 0.717) is 10.6 Å². The molecule has 1 aromatic carbocycles. The van der Waals surface area contributed by atoms with Gasteiger partial charge in [-0.05, 0) is 45.4 Å². The molecule has 0 spiro atoms. The molecule has 0 aliphatic carbocycles. The van der Waals surface area contributed by atoms with E-state index in [9.17, 15) is 9.90 Å². The first kappa shape index (κ1) is 13.4. The summed E-state index contributed by atoms with van der Waals surface area (Å²) in [5, 5.41) is 11.3. The van der Waals surface area contributed by atoms with E-state index in [1.807, 2.05) is 27.7 Å². The molecule has 1 aliphatic rings. The van der Waals surface area contributed by atoms with Gasteiger partial charge in [0.1, 0.15) is 0 Å². The molecule has 1 saturated heterocycles. The van der Waals surface area contributed by atoms with Crippen LogP contribution in [0.2, 0.25) is 5.02 Å². The zero-order valence-corrected chi connectivity index (χ0v) is 11.8. The average Bonchev–Trinajstić information content (AvgIpc) is 2.28. The van der Waals surface area contributed by atoms with Crippen LogP contribution < -0.4 is 0 Å². The third-order valence-corrected chi connectivity index (χ3v) is 4.05. The lowest BCUT2D eigenvalue weighted by Gasteiger charge is -2.61. The molecule has 1 heterocycles. The molecule has 1 unspecified atom stereocenters. The number of amides is 1. The van der Waals surface area contributed by atoms with E-state index in [-0.39, 0.29) is 11.9 Å². The highest BCUT2D eigenvalue weighted by molar-refractivity contribution is 6.30. The Hall–Kier alpha value is -1.06. The first-order valence-corrected chi connectivity index (χ1v) is 6.43. The summed E-state index contributed by atoms with van der Waals surface area (Å²) < 4.78 is 0. The van der Waals surface area contributed by atoms with E-state index in [1.54, 1.807) is 29.2 Å². The monoisotopic (exact) mass is 267 g/mol. The minimum Gasteiger partial charge on any atom is -0.374 e. The molecular formula is C14H18ClNO2. The summed E-state index contributed by atoms with van der Waals surface area (Å²) in [6.45, 7) is 7.65. The van der Waals surface area contributed by atoms with Crippen molar-refractivity contribution in [2.75, 3.05) is 0 Å². The van der Waals surface area contributed by atoms with Gasteiger partial charge in [-0.25, -0.2) is 0 Å². The van der Waals surface area contributed by atoms with E-state index in [1.165, 1.54) is 0 Å². The Labute approximate surface area is 112 Å². The van der Waals surface area contributed by atoms with Crippen molar-refractivity contribution in [3.63, 3.8) is 0 Å². The van der Waals surface area contributed by atoms with Gasteiger partial charge in [0.05, 0.1) is 5.54 Å². The predicted octanol–water partition coefficient (Wildman–Crippen LogP) is 2.56. The minimum absolute atomic E-state index is 0.0695. The summed E-state index contributed by atoms with van der Waals surface area (Å²) in [6.07, 6.45) is 0. The minimum atomic E-state index is -1.46. The lowest BCUT2D eigenvalue weighted by Crippen LogP contribution is -2.79.